The predicted octanol–water partition coefficient (Wildman–Crippen LogP) is 2.82. The molecule has 1 heterocycles. The quantitative estimate of drug-likeness (QED) is 0.615. The summed E-state index contributed by atoms with van der Waals surface area (Å²) in [6.07, 6.45) is 5.00. The van der Waals surface area contributed by atoms with Crippen LogP contribution in [0.4, 0.5) is 0 Å². The molecule has 0 saturated heterocycles. The van der Waals surface area contributed by atoms with Crippen LogP contribution < -0.4 is 0 Å². The first-order chi connectivity index (χ1) is 6.72. The van der Waals surface area contributed by atoms with Crippen molar-refractivity contribution in [1.82, 2.24) is 9.78 Å². The minimum Gasteiger partial charge on any atom is -0.298 e. The summed E-state index contributed by atoms with van der Waals surface area (Å²) < 4.78 is 2.71. The van der Waals surface area contributed by atoms with Gasteiger partial charge in [0.05, 0.1) is 10.7 Å². The Hall–Kier alpha value is -0.900. The highest BCUT2D eigenvalue weighted by Gasteiger charge is 1.96. The Balaban J connectivity index is 0.000000791. The van der Waals surface area contributed by atoms with Crippen molar-refractivity contribution in [1.29, 1.82) is 0 Å². The molecule has 0 amide bonds. The number of hydrogen-bond acceptors (Lipinski definition) is 2. The van der Waals surface area contributed by atoms with Crippen LogP contribution >= 0.6 is 15.9 Å². The van der Waals surface area contributed by atoms with Crippen LogP contribution in [0.25, 0.3) is 0 Å². The topological polar surface area (TPSA) is 34.9 Å². The average molecular weight is 259 g/mol. The van der Waals surface area contributed by atoms with E-state index in [0.717, 1.165) is 10.8 Å². The number of aryl methyl sites for hydroxylation is 1. The summed E-state index contributed by atoms with van der Waals surface area (Å²) in [5, 5.41) is 4.03. The second-order valence-corrected chi connectivity index (χ2v) is 3.36. The van der Waals surface area contributed by atoms with Gasteiger partial charge < -0.3 is 0 Å². The number of halogens is 1. The van der Waals surface area contributed by atoms with Crippen molar-refractivity contribution in [3.8, 4) is 0 Å². The van der Waals surface area contributed by atoms with Crippen LogP contribution in [0.1, 0.15) is 20.3 Å². The summed E-state index contributed by atoms with van der Waals surface area (Å²) in [6.45, 7) is 8.27. The Morgan fingerprint density at radius 1 is 1.71 bits per heavy atom. The molecule has 0 aliphatic heterocycles. The maximum absolute atomic E-state index is 10.2. The molecule has 0 saturated carbocycles. The Kier molecular flexibility index (Phi) is 7.02. The zero-order chi connectivity index (χ0) is 11.0. The van der Waals surface area contributed by atoms with Crippen LogP contribution in [0.15, 0.2) is 29.0 Å². The molecule has 0 N–H and O–H groups in total. The zero-order valence-corrected chi connectivity index (χ0v) is 10.1. The van der Waals surface area contributed by atoms with E-state index < -0.39 is 0 Å². The Bertz CT molecular complexity index is 294. The van der Waals surface area contributed by atoms with E-state index in [4.69, 9.17) is 0 Å². The number of allylic oxidation sites excluding steroid dienone is 1. The third kappa shape index (κ3) is 4.97. The lowest BCUT2D eigenvalue weighted by atomic mass is 10.2. The molecule has 0 atom stereocenters. The van der Waals surface area contributed by atoms with Gasteiger partial charge in [-0.15, -0.1) is 0 Å². The van der Waals surface area contributed by atoms with E-state index >= 15 is 0 Å². The Morgan fingerprint density at radius 3 is 2.79 bits per heavy atom. The summed E-state index contributed by atoms with van der Waals surface area (Å²) in [7, 11) is 0. The molecule has 78 valence electrons. The molecule has 0 unspecified atom stereocenters. The number of carbonyl (C=O) groups is 1. The number of hydrogen-bond donors (Lipinski definition) is 0. The molecule has 0 aliphatic carbocycles. The van der Waals surface area contributed by atoms with Gasteiger partial charge in [0.15, 0.2) is 0 Å². The van der Waals surface area contributed by atoms with Crippen molar-refractivity contribution in [2.45, 2.75) is 26.8 Å². The van der Waals surface area contributed by atoms with Gasteiger partial charge in [-0.3, -0.25) is 9.48 Å². The van der Waals surface area contributed by atoms with Crippen molar-refractivity contribution < 1.29 is 4.79 Å². The Labute approximate surface area is 92.9 Å². The van der Waals surface area contributed by atoms with E-state index in [1.165, 1.54) is 0 Å². The molecule has 1 rings (SSSR count). The van der Waals surface area contributed by atoms with Crippen molar-refractivity contribution in [2.75, 3.05) is 0 Å². The summed E-state index contributed by atoms with van der Waals surface area (Å²) >= 11 is 3.28. The third-order valence-corrected chi connectivity index (χ3v) is 1.84. The number of aldehydes is 1. The van der Waals surface area contributed by atoms with E-state index in [0.29, 0.717) is 18.5 Å². The first-order valence-corrected chi connectivity index (χ1v) is 5.32. The molecule has 1 aromatic heterocycles. The second-order valence-electron chi connectivity index (χ2n) is 2.45. The summed E-state index contributed by atoms with van der Waals surface area (Å²) in [6, 6.07) is 0. The van der Waals surface area contributed by atoms with Crippen LogP contribution in [0.5, 0.6) is 0 Å². The fraction of sp³-hybridized carbons (Fsp3) is 0.400. The lowest BCUT2D eigenvalue weighted by Crippen LogP contribution is -1.99. The number of rotatable bonds is 4. The smallest absolute Gasteiger partial charge is 0.145 e. The third-order valence-electron chi connectivity index (χ3n) is 1.43. The molecular formula is C10H15BrN2O. The van der Waals surface area contributed by atoms with Gasteiger partial charge in [-0.05, 0) is 27.9 Å². The fourth-order valence-corrected chi connectivity index (χ4v) is 1.11. The maximum atomic E-state index is 10.2. The van der Waals surface area contributed by atoms with Gasteiger partial charge >= 0.3 is 0 Å². The summed E-state index contributed by atoms with van der Waals surface area (Å²) in [5.41, 5.74) is 0.599. The molecule has 0 aliphatic rings. The van der Waals surface area contributed by atoms with Crippen LogP contribution in [-0.2, 0) is 11.3 Å². The lowest BCUT2D eigenvalue weighted by Gasteiger charge is -1.98. The first-order valence-electron chi connectivity index (χ1n) is 4.53. The average Bonchev–Trinajstić information content (AvgIpc) is 2.64. The van der Waals surface area contributed by atoms with E-state index in [9.17, 15) is 4.79 Å². The monoisotopic (exact) mass is 258 g/mol. The summed E-state index contributed by atoms with van der Waals surface area (Å²) in [5.74, 6) is 0. The number of carbonyl (C=O) groups excluding carboxylic acids is 1. The summed E-state index contributed by atoms with van der Waals surface area (Å²) in [4.78, 5) is 10.2. The SMILES string of the molecule is C=C(C=O)CCn1cc(Br)cn1.CC. The molecule has 14 heavy (non-hydrogen) atoms. The molecule has 1 aromatic rings. The Morgan fingerprint density at radius 2 is 2.36 bits per heavy atom. The fourth-order valence-electron chi connectivity index (χ4n) is 0.778. The van der Waals surface area contributed by atoms with Gasteiger partial charge in [0.1, 0.15) is 6.29 Å². The second kappa shape index (κ2) is 7.50. The van der Waals surface area contributed by atoms with Gasteiger partial charge in [-0.2, -0.15) is 5.10 Å². The van der Waals surface area contributed by atoms with Gasteiger partial charge in [-0.25, -0.2) is 0 Å². The normalized spacial score (nSPS) is 8.79. The van der Waals surface area contributed by atoms with Crippen LogP contribution in [0.3, 0.4) is 0 Å². The molecule has 3 nitrogen and oxygen atoms in total. The van der Waals surface area contributed by atoms with Gasteiger partial charge in [0.2, 0.25) is 0 Å². The van der Waals surface area contributed by atoms with E-state index in [1.807, 2.05) is 20.0 Å². The number of nitrogens with zero attached hydrogens (tertiary/aromatic N) is 2. The van der Waals surface area contributed by atoms with E-state index in [1.54, 1.807) is 10.9 Å². The van der Waals surface area contributed by atoms with Gasteiger partial charge in [-0.1, -0.05) is 20.4 Å². The minimum absolute atomic E-state index is 0.599. The van der Waals surface area contributed by atoms with Crippen molar-refractivity contribution in [3.63, 3.8) is 0 Å². The van der Waals surface area contributed by atoms with Crippen LogP contribution in [0.2, 0.25) is 0 Å². The van der Waals surface area contributed by atoms with Gasteiger partial charge in [0, 0.05) is 12.7 Å². The van der Waals surface area contributed by atoms with Crippen molar-refractivity contribution in [3.05, 3.63) is 29.0 Å². The highest BCUT2D eigenvalue weighted by Crippen LogP contribution is 2.07. The van der Waals surface area contributed by atoms with Crippen molar-refractivity contribution in [2.24, 2.45) is 0 Å². The van der Waals surface area contributed by atoms with Crippen molar-refractivity contribution >= 4 is 22.2 Å². The molecule has 0 radical (unpaired) electrons. The van der Waals surface area contributed by atoms with Gasteiger partial charge in [0.25, 0.3) is 0 Å². The molecule has 0 bridgehead atoms. The minimum atomic E-state index is 0.599. The lowest BCUT2D eigenvalue weighted by molar-refractivity contribution is -0.105. The highest BCUT2D eigenvalue weighted by molar-refractivity contribution is 9.10. The first kappa shape index (κ1) is 13.1. The van der Waals surface area contributed by atoms with E-state index in [-0.39, 0.29) is 0 Å². The molecule has 0 spiro atoms. The number of aromatic nitrogens is 2. The van der Waals surface area contributed by atoms with Crippen LogP contribution in [0, 0.1) is 0 Å². The predicted molar refractivity (Wildman–Crippen MR) is 61.1 cm³/mol. The molecule has 0 aromatic carbocycles. The standard InChI is InChI=1S/C8H9BrN2O.C2H6/c1-7(6-12)2-3-11-5-8(9)4-10-11;1-2/h4-6H,1-3H2;1-2H3. The largest absolute Gasteiger partial charge is 0.298 e. The molecule has 0 fully saturated rings. The van der Waals surface area contributed by atoms with Crippen LogP contribution in [-0.4, -0.2) is 16.1 Å². The molecular weight excluding hydrogens is 244 g/mol. The maximum Gasteiger partial charge on any atom is 0.145 e. The van der Waals surface area contributed by atoms with E-state index in [2.05, 4.69) is 27.6 Å². The zero-order valence-electron chi connectivity index (χ0n) is 8.53. The highest BCUT2D eigenvalue weighted by atomic mass is 79.9. The molecule has 4 heteroatoms.